The zero-order valence-corrected chi connectivity index (χ0v) is 10.4. The first-order valence-corrected chi connectivity index (χ1v) is 6.62. The van der Waals surface area contributed by atoms with Crippen LogP contribution in [0.4, 0.5) is 5.69 Å². The number of rotatable bonds is 2. The summed E-state index contributed by atoms with van der Waals surface area (Å²) >= 11 is 0. The van der Waals surface area contributed by atoms with Crippen LogP contribution in [-0.2, 0) is 0 Å². The summed E-state index contributed by atoms with van der Waals surface area (Å²) in [6.07, 6.45) is 4.82. The van der Waals surface area contributed by atoms with Gasteiger partial charge in [0.1, 0.15) is 0 Å². The number of aldehydes is 1. The molecule has 2 nitrogen and oxygen atoms in total. The topological polar surface area (TPSA) is 20.3 Å². The van der Waals surface area contributed by atoms with Gasteiger partial charge in [0.15, 0.2) is 6.29 Å². The predicted octanol–water partition coefficient (Wildman–Crippen LogP) is 3.64. The number of carbonyl (C=O) groups excluding carboxylic acids is 1. The summed E-state index contributed by atoms with van der Waals surface area (Å²) in [7, 11) is 0. The van der Waals surface area contributed by atoms with Gasteiger partial charge in [-0.2, -0.15) is 0 Å². The zero-order chi connectivity index (χ0) is 12.4. The molecule has 0 spiro atoms. The minimum Gasteiger partial charge on any atom is -0.371 e. The summed E-state index contributed by atoms with van der Waals surface area (Å²) < 4.78 is 0. The van der Waals surface area contributed by atoms with E-state index in [1.54, 1.807) is 0 Å². The van der Waals surface area contributed by atoms with Crippen LogP contribution in [0, 0.1) is 0 Å². The van der Waals surface area contributed by atoms with Crippen LogP contribution in [0.5, 0.6) is 0 Å². The molecule has 0 N–H and O–H groups in total. The molecule has 1 fully saturated rings. The molecule has 0 atom stereocenters. The Hall–Kier alpha value is -1.83. The fourth-order valence-corrected chi connectivity index (χ4v) is 2.82. The summed E-state index contributed by atoms with van der Waals surface area (Å²) in [6.45, 7) is 2.26. The summed E-state index contributed by atoms with van der Waals surface area (Å²) in [5.74, 6) is 0. The molecule has 0 aliphatic carbocycles. The fourth-order valence-electron chi connectivity index (χ4n) is 2.82. The molecule has 1 saturated heterocycles. The number of carbonyl (C=O) groups is 1. The van der Waals surface area contributed by atoms with Gasteiger partial charge in [0, 0.05) is 29.7 Å². The van der Waals surface area contributed by atoms with E-state index in [9.17, 15) is 4.79 Å². The largest absolute Gasteiger partial charge is 0.371 e. The van der Waals surface area contributed by atoms with Crippen LogP contribution in [0.2, 0.25) is 0 Å². The van der Waals surface area contributed by atoms with Gasteiger partial charge >= 0.3 is 0 Å². The maximum absolute atomic E-state index is 11.1. The van der Waals surface area contributed by atoms with Gasteiger partial charge in [0.05, 0.1) is 0 Å². The molecule has 1 aliphatic heterocycles. The SMILES string of the molecule is O=Cc1ccc(N2CCCCC2)c2ccccc12. The molecule has 2 heteroatoms. The Balaban J connectivity index is 2.14. The molecular formula is C16H17NO. The molecular weight excluding hydrogens is 222 g/mol. The molecule has 2 aromatic rings. The first kappa shape index (κ1) is 11.3. The molecule has 18 heavy (non-hydrogen) atoms. The third-order valence-corrected chi connectivity index (χ3v) is 3.76. The molecule has 0 radical (unpaired) electrons. The number of hydrogen-bond acceptors (Lipinski definition) is 2. The van der Waals surface area contributed by atoms with E-state index in [1.165, 1.54) is 30.3 Å². The summed E-state index contributed by atoms with van der Waals surface area (Å²) in [4.78, 5) is 13.5. The smallest absolute Gasteiger partial charge is 0.150 e. The Morgan fingerprint density at radius 2 is 1.61 bits per heavy atom. The highest BCUT2D eigenvalue weighted by molar-refractivity contribution is 6.04. The molecule has 92 valence electrons. The molecule has 0 saturated carbocycles. The maximum atomic E-state index is 11.1. The van der Waals surface area contributed by atoms with Crippen molar-refractivity contribution in [1.82, 2.24) is 0 Å². The van der Waals surface area contributed by atoms with Gasteiger partial charge in [0.2, 0.25) is 0 Å². The Bertz CT molecular complexity index is 570. The van der Waals surface area contributed by atoms with Crippen LogP contribution < -0.4 is 4.90 Å². The van der Waals surface area contributed by atoms with Crippen LogP contribution in [0.3, 0.4) is 0 Å². The standard InChI is InChI=1S/C16H17NO/c18-12-13-8-9-16(17-10-4-1-5-11-17)15-7-3-2-6-14(13)15/h2-3,6-9,12H,1,4-5,10-11H2. The molecule has 1 aliphatic rings. The van der Waals surface area contributed by atoms with E-state index in [1.807, 2.05) is 24.3 Å². The van der Waals surface area contributed by atoms with Crippen molar-refractivity contribution in [2.75, 3.05) is 18.0 Å². The molecule has 2 aromatic carbocycles. The number of hydrogen-bond donors (Lipinski definition) is 0. The van der Waals surface area contributed by atoms with E-state index in [4.69, 9.17) is 0 Å². The molecule has 1 heterocycles. The normalized spacial score (nSPS) is 15.9. The molecule has 0 amide bonds. The first-order chi connectivity index (χ1) is 8.90. The van der Waals surface area contributed by atoms with Crippen LogP contribution in [0.15, 0.2) is 36.4 Å². The lowest BCUT2D eigenvalue weighted by Crippen LogP contribution is -2.29. The monoisotopic (exact) mass is 239 g/mol. The van der Waals surface area contributed by atoms with Crippen molar-refractivity contribution in [1.29, 1.82) is 0 Å². The Morgan fingerprint density at radius 3 is 2.33 bits per heavy atom. The van der Waals surface area contributed by atoms with E-state index in [2.05, 4.69) is 17.0 Å². The second-order valence-corrected chi connectivity index (χ2v) is 4.89. The van der Waals surface area contributed by atoms with Crippen molar-refractivity contribution in [2.45, 2.75) is 19.3 Å². The van der Waals surface area contributed by atoms with Gasteiger partial charge in [-0.15, -0.1) is 0 Å². The van der Waals surface area contributed by atoms with Crippen LogP contribution in [0.1, 0.15) is 29.6 Å². The number of benzene rings is 2. The minimum atomic E-state index is 0.784. The highest BCUT2D eigenvalue weighted by Gasteiger charge is 2.14. The third kappa shape index (κ3) is 1.88. The molecule has 0 aromatic heterocycles. The van der Waals surface area contributed by atoms with Gasteiger partial charge in [-0.3, -0.25) is 4.79 Å². The van der Waals surface area contributed by atoms with Gasteiger partial charge in [-0.05, 0) is 36.8 Å². The maximum Gasteiger partial charge on any atom is 0.150 e. The van der Waals surface area contributed by atoms with Gasteiger partial charge in [0.25, 0.3) is 0 Å². The number of fused-ring (bicyclic) bond motifs is 1. The van der Waals surface area contributed by atoms with E-state index in [0.717, 1.165) is 30.3 Å². The average molecular weight is 239 g/mol. The van der Waals surface area contributed by atoms with Gasteiger partial charge in [-0.25, -0.2) is 0 Å². The number of nitrogens with zero attached hydrogens (tertiary/aromatic N) is 1. The fraction of sp³-hybridized carbons (Fsp3) is 0.312. The lowest BCUT2D eigenvalue weighted by molar-refractivity contribution is 0.112. The Labute approximate surface area is 107 Å². The van der Waals surface area contributed by atoms with Gasteiger partial charge in [-0.1, -0.05) is 24.3 Å². The van der Waals surface area contributed by atoms with Crippen LogP contribution in [0.25, 0.3) is 10.8 Å². The molecule has 3 rings (SSSR count). The third-order valence-electron chi connectivity index (χ3n) is 3.76. The van der Waals surface area contributed by atoms with Crippen LogP contribution >= 0.6 is 0 Å². The highest BCUT2D eigenvalue weighted by Crippen LogP contribution is 2.30. The van der Waals surface area contributed by atoms with E-state index in [0.29, 0.717) is 0 Å². The lowest BCUT2D eigenvalue weighted by atomic mass is 10.0. The first-order valence-electron chi connectivity index (χ1n) is 6.62. The zero-order valence-electron chi connectivity index (χ0n) is 10.4. The number of anilines is 1. The number of piperidine rings is 1. The van der Waals surface area contributed by atoms with Gasteiger partial charge < -0.3 is 4.90 Å². The molecule has 0 bridgehead atoms. The quantitative estimate of drug-likeness (QED) is 0.746. The second-order valence-electron chi connectivity index (χ2n) is 4.89. The van der Waals surface area contributed by atoms with Crippen molar-refractivity contribution >= 4 is 22.7 Å². The van der Waals surface area contributed by atoms with Crippen molar-refractivity contribution < 1.29 is 4.79 Å². The van der Waals surface area contributed by atoms with Crippen molar-refractivity contribution in [3.05, 3.63) is 42.0 Å². The van der Waals surface area contributed by atoms with Crippen molar-refractivity contribution in [3.8, 4) is 0 Å². The predicted molar refractivity (Wildman–Crippen MR) is 75.4 cm³/mol. The lowest BCUT2D eigenvalue weighted by Gasteiger charge is -2.30. The van der Waals surface area contributed by atoms with E-state index < -0.39 is 0 Å². The second kappa shape index (κ2) is 4.81. The minimum absolute atomic E-state index is 0.784. The Kier molecular flexibility index (Phi) is 3.01. The van der Waals surface area contributed by atoms with Crippen molar-refractivity contribution in [3.63, 3.8) is 0 Å². The van der Waals surface area contributed by atoms with E-state index in [-0.39, 0.29) is 0 Å². The van der Waals surface area contributed by atoms with E-state index >= 15 is 0 Å². The summed E-state index contributed by atoms with van der Waals surface area (Å²) in [5.41, 5.74) is 2.06. The highest BCUT2D eigenvalue weighted by atomic mass is 16.1. The average Bonchev–Trinajstić information content (AvgIpc) is 2.47. The van der Waals surface area contributed by atoms with Crippen LogP contribution in [-0.4, -0.2) is 19.4 Å². The molecule has 0 unspecified atom stereocenters. The summed E-state index contributed by atoms with van der Waals surface area (Å²) in [6, 6.07) is 12.2. The van der Waals surface area contributed by atoms with Crippen molar-refractivity contribution in [2.24, 2.45) is 0 Å². The Morgan fingerprint density at radius 1 is 0.889 bits per heavy atom. The summed E-state index contributed by atoms with van der Waals surface area (Å²) in [5, 5.41) is 2.26.